The van der Waals surface area contributed by atoms with Crippen LogP contribution in [0.1, 0.15) is 11.8 Å². The van der Waals surface area contributed by atoms with Gasteiger partial charge in [-0.1, -0.05) is 5.11 Å². The quantitative estimate of drug-likeness (QED) is 0.202. The van der Waals surface area contributed by atoms with Crippen molar-refractivity contribution in [3.63, 3.8) is 0 Å². The molecule has 1 aromatic carbocycles. The van der Waals surface area contributed by atoms with Crippen LogP contribution in [0.4, 0.5) is 23.2 Å². The molecule has 0 aliphatic heterocycles. The molecule has 0 atom stereocenters. The zero-order chi connectivity index (χ0) is 12.5. The maximum atomic E-state index is 12.9. The first-order chi connectivity index (χ1) is 7.41. The number of carbonyl (C=O) groups is 1. The van der Waals surface area contributed by atoms with E-state index < -0.39 is 40.5 Å². The molecule has 0 bridgehead atoms. The average Bonchev–Trinajstić information content (AvgIpc) is 2.21. The van der Waals surface area contributed by atoms with Gasteiger partial charge in [0.2, 0.25) is 0 Å². The summed E-state index contributed by atoms with van der Waals surface area (Å²) in [6.45, 7) is 0. The number of carboxylic acid groups (broad SMARTS) is 1. The van der Waals surface area contributed by atoms with Crippen molar-refractivity contribution in [3.05, 3.63) is 39.3 Å². The molecule has 0 spiro atoms. The summed E-state index contributed by atoms with van der Waals surface area (Å²) in [6, 6.07) is 0. The summed E-state index contributed by atoms with van der Waals surface area (Å²) >= 11 is 0. The van der Waals surface area contributed by atoms with E-state index >= 15 is 0 Å². The number of benzene rings is 1. The number of carboxylic acids is 1. The molecule has 0 aliphatic carbocycles. The van der Waals surface area contributed by atoms with Crippen LogP contribution in [0, 0.1) is 23.3 Å². The second-order valence-electron chi connectivity index (χ2n) is 2.47. The van der Waals surface area contributed by atoms with Crippen LogP contribution < -0.4 is 29.6 Å². The van der Waals surface area contributed by atoms with Crippen LogP contribution in [0.15, 0.2) is 5.11 Å². The Morgan fingerprint density at radius 1 is 1.18 bits per heavy atom. The van der Waals surface area contributed by atoms with Gasteiger partial charge < -0.3 is 6.53 Å². The van der Waals surface area contributed by atoms with Crippen molar-refractivity contribution >= 4 is 11.7 Å². The topological polar surface area (TPSA) is 86.1 Å². The molecule has 17 heavy (non-hydrogen) atoms. The van der Waals surface area contributed by atoms with E-state index in [1.807, 2.05) is 4.91 Å². The summed E-state index contributed by atoms with van der Waals surface area (Å²) in [5.41, 5.74) is 4.55. The number of azide groups is 1. The summed E-state index contributed by atoms with van der Waals surface area (Å²) in [5.74, 6) is -10.6. The third-order valence-electron chi connectivity index (χ3n) is 1.60. The summed E-state index contributed by atoms with van der Waals surface area (Å²) in [6.07, 6.45) is 0. The number of rotatable bonds is 2. The molecule has 0 unspecified atom stereocenters. The molecule has 0 radical (unpaired) electrons. The smallest absolute Gasteiger partial charge is 1.00 e. The molecule has 86 valence electrons. The van der Waals surface area contributed by atoms with Gasteiger partial charge in [0.05, 0.1) is 0 Å². The molecule has 0 amide bonds. The van der Waals surface area contributed by atoms with Crippen LogP contribution in [0.25, 0.3) is 10.4 Å². The standard InChI is InChI=1S/C7HF4N3O2.Na.H/c8-2-1(7(15)16)3(9)5(11)6(4(2)10)13-14-12;;/h(H,15,16);;/q;+1;-1. The summed E-state index contributed by atoms with van der Waals surface area (Å²) in [5, 5.41) is 10.7. The van der Waals surface area contributed by atoms with E-state index in [0.29, 0.717) is 0 Å². The molecule has 1 aromatic rings. The Bertz CT molecular complexity index is 474. The summed E-state index contributed by atoms with van der Waals surface area (Å²) in [7, 11) is 0. The Kier molecular flexibility index (Phi) is 5.43. The molecule has 0 saturated carbocycles. The van der Waals surface area contributed by atoms with E-state index in [0.717, 1.165) is 0 Å². The fourth-order valence-electron chi connectivity index (χ4n) is 0.940. The molecule has 0 heterocycles. The maximum absolute atomic E-state index is 12.9. The molecular weight excluding hydrogens is 257 g/mol. The molecular formula is C7H2F4N3NaO2. The minimum Gasteiger partial charge on any atom is -1.00 e. The van der Waals surface area contributed by atoms with Gasteiger partial charge in [-0.15, -0.1) is 0 Å². The van der Waals surface area contributed by atoms with Gasteiger partial charge in [-0.3, -0.25) is 0 Å². The minimum atomic E-state index is -2.18. The molecule has 5 nitrogen and oxygen atoms in total. The van der Waals surface area contributed by atoms with E-state index in [-0.39, 0.29) is 31.0 Å². The second-order valence-corrected chi connectivity index (χ2v) is 2.47. The van der Waals surface area contributed by atoms with Crippen LogP contribution in [0.3, 0.4) is 0 Å². The zero-order valence-electron chi connectivity index (χ0n) is 9.21. The van der Waals surface area contributed by atoms with Gasteiger partial charge in [-0.25, -0.2) is 22.4 Å². The SMILES string of the molecule is [H-].[N-]=[N+]=Nc1c(F)c(F)c(C(=O)O)c(F)c1F.[Na+]. The molecule has 0 aliphatic rings. The van der Waals surface area contributed by atoms with Gasteiger partial charge in [-0.05, 0) is 5.53 Å². The molecule has 0 fully saturated rings. The van der Waals surface area contributed by atoms with Crippen molar-refractivity contribution in [2.75, 3.05) is 0 Å². The fraction of sp³-hybridized carbons (Fsp3) is 0. The average molecular weight is 259 g/mol. The van der Waals surface area contributed by atoms with Gasteiger partial charge in [0.1, 0.15) is 11.3 Å². The van der Waals surface area contributed by atoms with Crippen molar-refractivity contribution in [3.8, 4) is 0 Å². The van der Waals surface area contributed by atoms with Crippen molar-refractivity contribution in [2.24, 2.45) is 5.11 Å². The van der Waals surface area contributed by atoms with E-state index in [4.69, 9.17) is 10.6 Å². The van der Waals surface area contributed by atoms with Crippen LogP contribution in [-0.4, -0.2) is 11.1 Å². The minimum absolute atomic E-state index is 0. The van der Waals surface area contributed by atoms with Gasteiger partial charge in [0, 0.05) is 4.91 Å². The van der Waals surface area contributed by atoms with E-state index in [1.165, 1.54) is 0 Å². The first-order valence-corrected chi connectivity index (χ1v) is 3.56. The number of halogens is 4. The number of hydrogen-bond donors (Lipinski definition) is 1. The first-order valence-electron chi connectivity index (χ1n) is 3.56. The van der Waals surface area contributed by atoms with Crippen LogP contribution in [0.5, 0.6) is 0 Å². The Morgan fingerprint density at radius 3 is 1.88 bits per heavy atom. The van der Waals surface area contributed by atoms with Crippen LogP contribution in [-0.2, 0) is 0 Å². The number of nitrogens with zero attached hydrogens (tertiary/aromatic N) is 3. The molecule has 1 N–H and O–H groups in total. The first kappa shape index (κ1) is 15.7. The number of hydrogen-bond acceptors (Lipinski definition) is 2. The third-order valence-corrected chi connectivity index (χ3v) is 1.60. The monoisotopic (exact) mass is 259 g/mol. The predicted octanol–water partition coefficient (Wildman–Crippen LogP) is -0.000500. The molecule has 0 aromatic heterocycles. The van der Waals surface area contributed by atoms with Crippen molar-refractivity contribution < 1.29 is 58.4 Å². The van der Waals surface area contributed by atoms with Crippen molar-refractivity contribution in [1.82, 2.24) is 0 Å². The Hall–Kier alpha value is -1.28. The Balaban J connectivity index is 0. The van der Waals surface area contributed by atoms with E-state index in [2.05, 4.69) is 5.11 Å². The second kappa shape index (κ2) is 5.87. The predicted molar refractivity (Wildman–Crippen MR) is 43.2 cm³/mol. The Morgan fingerprint density at radius 2 is 1.59 bits per heavy atom. The van der Waals surface area contributed by atoms with Crippen molar-refractivity contribution in [1.29, 1.82) is 0 Å². The van der Waals surface area contributed by atoms with Gasteiger partial charge in [-0.2, -0.15) is 0 Å². The normalized spacial score (nSPS) is 9.18. The largest absolute Gasteiger partial charge is 1.00 e. The van der Waals surface area contributed by atoms with E-state index in [9.17, 15) is 22.4 Å². The molecule has 1 rings (SSSR count). The van der Waals surface area contributed by atoms with Crippen LogP contribution in [0.2, 0.25) is 0 Å². The van der Waals surface area contributed by atoms with Gasteiger partial charge >= 0.3 is 35.5 Å². The maximum Gasteiger partial charge on any atom is 1.00 e. The van der Waals surface area contributed by atoms with Gasteiger partial charge in [0.25, 0.3) is 0 Å². The van der Waals surface area contributed by atoms with Gasteiger partial charge in [0.15, 0.2) is 23.3 Å². The summed E-state index contributed by atoms with van der Waals surface area (Å²) < 4.78 is 51.7. The molecule has 10 heteroatoms. The zero-order valence-corrected chi connectivity index (χ0v) is 10.2. The summed E-state index contributed by atoms with van der Waals surface area (Å²) in [4.78, 5) is 12.2. The third kappa shape index (κ3) is 2.70. The van der Waals surface area contributed by atoms with Crippen LogP contribution >= 0.6 is 0 Å². The van der Waals surface area contributed by atoms with E-state index in [1.54, 1.807) is 0 Å². The van der Waals surface area contributed by atoms with Crippen molar-refractivity contribution in [2.45, 2.75) is 0 Å². The fourth-order valence-corrected chi connectivity index (χ4v) is 0.940. The number of aromatic carboxylic acids is 1. The Labute approximate surface area is 114 Å². The molecule has 0 saturated heterocycles.